The molecular weight excluding hydrogens is 1870 g/mol. The van der Waals surface area contributed by atoms with Gasteiger partial charge in [0.05, 0.1) is 33.4 Å². The van der Waals surface area contributed by atoms with Gasteiger partial charge in [0.2, 0.25) is 0 Å². The Morgan fingerprint density at radius 3 is 0.619 bits per heavy atom. The van der Waals surface area contributed by atoms with E-state index in [0.29, 0.717) is 170 Å². The van der Waals surface area contributed by atoms with E-state index >= 15 is 0 Å². The number of nitrogens with two attached hydrogens (primary N) is 10. The van der Waals surface area contributed by atoms with E-state index in [4.69, 9.17) is 85.3 Å². The summed E-state index contributed by atoms with van der Waals surface area (Å²) in [6.45, 7) is 9.54. The summed E-state index contributed by atoms with van der Waals surface area (Å²) in [4.78, 5) is 146. The number of fused-ring (bicyclic) bond motifs is 6. The number of carbonyl (C=O) groups excluding carboxylic acids is 12. The molecule has 0 radical (unpaired) electrons. The van der Waals surface area contributed by atoms with E-state index in [0.717, 1.165) is 110 Å². The molecule has 6 aliphatic heterocycles. The van der Waals surface area contributed by atoms with Crippen LogP contribution in [0.4, 0.5) is 0 Å². The van der Waals surface area contributed by atoms with E-state index in [1.165, 1.54) is 41.5 Å². The Hall–Kier alpha value is -10.1. The van der Waals surface area contributed by atoms with Crippen LogP contribution < -0.4 is 85.3 Å². The quantitative estimate of drug-likeness (QED) is 0.0190. The zero-order valence-corrected chi connectivity index (χ0v) is 85.3. The summed E-state index contributed by atoms with van der Waals surface area (Å²) in [5, 5.41) is 61.9. The smallest absolute Gasteiger partial charge is 0.526 e. The topological polar surface area (TPSA) is 642 Å². The van der Waals surface area contributed by atoms with Crippen molar-refractivity contribution in [3.63, 3.8) is 0 Å². The van der Waals surface area contributed by atoms with Crippen LogP contribution in [0.3, 0.4) is 0 Å². The second kappa shape index (κ2) is 51.6. The van der Waals surface area contributed by atoms with Crippen molar-refractivity contribution in [3.05, 3.63) is 176 Å². The van der Waals surface area contributed by atoms with Gasteiger partial charge in [0, 0.05) is 163 Å². The summed E-state index contributed by atoms with van der Waals surface area (Å²) < 4.78 is 33.6. The van der Waals surface area contributed by atoms with Gasteiger partial charge in [-0.25, -0.2) is 0 Å². The highest BCUT2D eigenvalue weighted by atomic mass is 16.5. The Morgan fingerprint density at radius 2 is 0.422 bits per heavy atom. The van der Waals surface area contributed by atoms with E-state index < -0.39 is 42.7 Å². The Balaban J connectivity index is 0.000000147. The van der Waals surface area contributed by atoms with Gasteiger partial charge in [-0.1, -0.05) is 72.8 Å². The molecule has 6 saturated carbocycles. The second-order valence-electron chi connectivity index (χ2n) is 43.2. The normalized spacial score (nSPS) is 27.3. The van der Waals surface area contributed by atoms with E-state index in [-0.39, 0.29) is 220 Å². The molecule has 0 spiro atoms. The highest BCUT2D eigenvalue weighted by Gasteiger charge is 2.48. The molecule has 6 aromatic rings. The number of benzene rings is 6. The first-order chi connectivity index (χ1) is 69.9. The largest absolute Gasteiger partial charge is 0.535 e. The molecule has 18 rings (SSSR count). The molecule has 40 heteroatoms. The minimum Gasteiger partial charge on any atom is -0.535 e. The van der Waals surface area contributed by atoms with Gasteiger partial charge in [0.15, 0.2) is 34.7 Å². The molecule has 0 aromatic heterocycles. The minimum atomic E-state index is -1.09. The Morgan fingerprint density at radius 1 is 0.245 bits per heavy atom. The maximum absolute atomic E-state index is 12.6. The van der Waals surface area contributed by atoms with Crippen LogP contribution in [0.15, 0.2) is 109 Å². The van der Waals surface area contributed by atoms with Crippen LogP contribution in [0.25, 0.3) is 0 Å². The first kappa shape index (κ1) is 114. The molecule has 34 nitrogen and oxygen atoms in total. The first-order valence-corrected chi connectivity index (χ1v) is 52.4. The zero-order chi connectivity index (χ0) is 106. The SMILES string of the molecule is CC(=O)c1cccc2c1OB(O)[C@@H](CC(=O)C1CCC(CN)CC1)C2.CC(=O)c1cccc2c1OB(O)[C@@H](CC(=O)C1CCC(N)CC1)C2.CC(=O)c1cccc2c1OB(O)[C@@H](CC(=O)C1CC[C@@H](N)[C@H](N)C1)C2.CC(=O)c1cccc2c1OB(O)[C@@H](CC(=O)C1C[C@H](N)[C@@H](N)C1)C2.CC(=O)c1cccc2c1OB(O)[C@@H](CC(=O)C1C[C@H](N)[C@@H](N)C1)C2.CC(=O)c1cccc2c1OB(O)[C@@H](CC(=O)[C@@H]1CC[C@@H](N)[C@H](N)C1)C2. The lowest BCUT2D eigenvalue weighted by molar-refractivity contribution is -0.125. The predicted octanol–water partition coefficient (Wildman–Crippen LogP) is 8.13. The standard InChI is InChI=1S/C19H26BNO4.2C18H25BN2O4.C18H24BNO4.2C17H23BN2O4/c1-12(22)17-4-2-3-15-9-16(20(24)25-19(15)17)10-18(23)14-7-5-13(11-21)6-8-14;2*1-10(22)14-4-2-3-12-7-13(19(24)25-18(12)14)9-17(23)11-5-6-15(20)16(21)8-11;1-11(21)16-4-2-3-13-9-14(19(23)24-18(13)16)10-17(22)12-5-7-15(20)8-6-12;2*1-9(21)13-4-2-3-10-5-12(18(23)24-17(10)13)8-16(22)11-6-14(19)15(20)7-11/h2-4,13-14,16,24H,5-11,21H2,1H3;2*2-4,11,13,15-16,24H,5-9,20-21H2,1H3;2-4,12,14-15,23H,5-10,20H2,1H3;2*2-4,11-12,14-15,23H,5-8,19-20H2,1H3/t13?,14?,16-;11?,13-,15-,16-;11-,13-,15-,16-;12?,14-,15?;2*12-,14+,15+/m111111/s1. The highest BCUT2D eigenvalue weighted by Crippen LogP contribution is 2.47. The number of para-hydroxylation sites is 6. The number of hydrogen-bond donors (Lipinski definition) is 16. The molecule has 786 valence electrons. The van der Waals surface area contributed by atoms with Gasteiger partial charge < -0.3 is 115 Å². The van der Waals surface area contributed by atoms with E-state index in [9.17, 15) is 87.7 Å². The molecule has 0 saturated heterocycles. The van der Waals surface area contributed by atoms with E-state index in [2.05, 4.69) is 0 Å². The zero-order valence-electron chi connectivity index (χ0n) is 85.3. The lowest BCUT2D eigenvalue weighted by Crippen LogP contribution is -2.47. The maximum atomic E-state index is 12.6. The van der Waals surface area contributed by atoms with Gasteiger partial charge in [-0.15, -0.1) is 0 Å². The van der Waals surface area contributed by atoms with Crippen molar-refractivity contribution in [2.45, 2.75) is 323 Å². The van der Waals surface area contributed by atoms with Crippen molar-refractivity contribution >= 4 is 112 Å². The van der Waals surface area contributed by atoms with Crippen LogP contribution in [-0.2, 0) is 67.3 Å². The van der Waals surface area contributed by atoms with Gasteiger partial charge in [0.25, 0.3) is 0 Å². The van der Waals surface area contributed by atoms with Crippen molar-refractivity contribution in [2.75, 3.05) is 6.54 Å². The van der Waals surface area contributed by atoms with Crippen molar-refractivity contribution in [3.8, 4) is 34.5 Å². The van der Waals surface area contributed by atoms with E-state index in [1.54, 1.807) is 60.7 Å². The van der Waals surface area contributed by atoms with Crippen LogP contribution in [0, 0.1) is 41.4 Å². The van der Waals surface area contributed by atoms with Gasteiger partial charge >= 0.3 is 42.7 Å². The summed E-state index contributed by atoms with van der Waals surface area (Å²) in [6, 6.07) is 31.6. The van der Waals surface area contributed by atoms with Gasteiger partial charge in [-0.3, -0.25) is 57.5 Å². The number of rotatable bonds is 25. The van der Waals surface area contributed by atoms with Crippen LogP contribution >= 0.6 is 0 Å². The van der Waals surface area contributed by atoms with Gasteiger partial charge in [-0.2, -0.15) is 0 Å². The average molecular weight is 2020 g/mol. The van der Waals surface area contributed by atoms with Crippen LogP contribution in [0.2, 0.25) is 34.9 Å². The number of carbonyl (C=O) groups is 12. The fourth-order valence-electron chi connectivity index (χ4n) is 23.1. The molecule has 6 aromatic carbocycles. The van der Waals surface area contributed by atoms with Crippen LogP contribution in [-0.4, -0.2) is 203 Å². The first-order valence-electron chi connectivity index (χ1n) is 52.4. The van der Waals surface area contributed by atoms with Crippen LogP contribution in [0.5, 0.6) is 34.5 Å². The average Bonchev–Trinajstić information content (AvgIpc) is 1.63. The molecule has 26 N–H and O–H groups in total. The Kier molecular flexibility index (Phi) is 40.0. The maximum Gasteiger partial charge on any atom is 0.526 e. The Bertz CT molecular complexity index is 5500. The van der Waals surface area contributed by atoms with Crippen molar-refractivity contribution in [1.82, 2.24) is 0 Å². The predicted molar refractivity (Wildman–Crippen MR) is 561 cm³/mol. The number of ketones is 12. The van der Waals surface area contributed by atoms with Gasteiger partial charge in [0.1, 0.15) is 69.2 Å². The molecular formula is C107H146B6N10O24. The van der Waals surface area contributed by atoms with Gasteiger partial charge in [-0.05, 0) is 278 Å². The van der Waals surface area contributed by atoms with Crippen molar-refractivity contribution < 1.29 is 116 Å². The summed E-state index contributed by atoms with van der Waals surface area (Å²) in [5.41, 5.74) is 67.0. The second-order valence-corrected chi connectivity index (χ2v) is 43.2. The molecule has 6 heterocycles. The molecule has 1 unspecified atom stereocenters. The molecule has 12 aliphatic rings. The summed E-state index contributed by atoms with van der Waals surface area (Å²) in [6.07, 6.45) is 18.7. The lowest BCUT2D eigenvalue weighted by atomic mass is 9.63. The third-order valence-corrected chi connectivity index (χ3v) is 32.3. The summed E-state index contributed by atoms with van der Waals surface area (Å²) >= 11 is 0. The Labute approximate surface area is 862 Å². The van der Waals surface area contributed by atoms with E-state index in [1.807, 2.05) is 48.5 Å². The van der Waals surface area contributed by atoms with Crippen molar-refractivity contribution in [2.24, 2.45) is 98.8 Å². The third kappa shape index (κ3) is 29.0. The number of hydrogen-bond acceptors (Lipinski definition) is 34. The molecule has 16 atom stereocenters. The summed E-state index contributed by atoms with van der Waals surface area (Å²) in [7, 11) is -6.45. The monoisotopic (exact) mass is 2020 g/mol. The molecule has 147 heavy (non-hydrogen) atoms. The fraction of sp³-hybridized carbons (Fsp3) is 0.551. The minimum absolute atomic E-state index is 0.0375. The molecule has 0 bridgehead atoms. The number of Topliss-reactive ketones (excluding diaryl/α,β-unsaturated/α-hetero) is 12. The van der Waals surface area contributed by atoms with Crippen molar-refractivity contribution in [1.29, 1.82) is 0 Å². The lowest BCUT2D eigenvalue weighted by Gasteiger charge is -2.33. The fourth-order valence-corrected chi connectivity index (χ4v) is 23.1. The molecule has 6 aliphatic carbocycles. The highest BCUT2D eigenvalue weighted by molar-refractivity contribution is 6.49. The molecule has 6 fully saturated rings. The van der Waals surface area contributed by atoms with Crippen LogP contribution in [0.1, 0.15) is 291 Å². The summed E-state index contributed by atoms with van der Waals surface area (Å²) in [5.74, 6) is 1.34. The third-order valence-electron chi connectivity index (χ3n) is 32.3. The molecule has 0 amide bonds.